The normalized spacial score (nSPS) is 11.6. The molecule has 162 valence electrons. The molecule has 3 heterocycles. The number of aromatic nitrogens is 6. The first-order valence-corrected chi connectivity index (χ1v) is 10.6. The predicted octanol–water partition coefficient (Wildman–Crippen LogP) is 3.22. The standard InChI is InChI=1S/C24H19N7O2/c25-24-27-22-21(23(32)28-24)31(13-15-5-8-16-3-1-2-4-17(16)11-15)20(26-22)10-7-14-6-9-18-19(12-14)30-33-29-18/h1-6,8-9,11-12H,7,10,13H2,(H3,25,27,28,32). The minimum Gasteiger partial charge on any atom is -0.369 e. The fourth-order valence-electron chi connectivity index (χ4n) is 4.23. The van der Waals surface area contributed by atoms with E-state index in [1.54, 1.807) is 0 Å². The molecule has 9 heteroatoms. The zero-order chi connectivity index (χ0) is 22.4. The third-order valence-electron chi connectivity index (χ3n) is 5.82. The highest BCUT2D eigenvalue weighted by molar-refractivity contribution is 5.83. The second kappa shape index (κ2) is 7.56. The summed E-state index contributed by atoms with van der Waals surface area (Å²) < 4.78 is 6.72. The van der Waals surface area contributed by atoms with E-state index in [4.69, 9.17) is 10.4 Å². The van der Waals surface area contributed by atoms with Gasteiger partial charge in [0.25, 0.3) is 5.56 Å². The number of rotatable bonds is 5. The number of fused-ring (bicyclic) bond motifs is 3. The number of hydrogen-bond donors (Lipinski definition) is 2. The molecule has 3 aromatic heterocycles. The number of aryl methyl sites for hydroxylation is 2. The van der Waals surface area contributed by atoms with Gasteiger partial charge in [0.05, 0.1) is 0 Å². The summed E-state index contributed by atoms with van der Waals surface area (Å²) in [6.07, 6.45) is 1.32. The van der Waals surface area contributed by atoms with Gasteiger partial charge in [0, 0.05) is 13.0 Å². The molecule has 6 rings (SSSR count). The maximum atomic E-state index is 12.8. The number of benzene rings is 3. The Labute approximate surface area is 186 Å². The molecule has 0 amide bonds. The summed E-state index contributed by atoms with van der Waals surface area (Å²) >= 11 is 0. The van der Waals surface area contributed by atoms with Crippen molar-refractivity contribution >= 4 is 38.9 Å². The van der Waals surface area contributed by atoms with Crippen molar-refractivity contribution in [1.82, 2.24) is 29.8 Å². The Kier molecular flexibility index (Phi) is 4.39. The molecular weight excluding hydrogens is 418 g/mol. The maximum Gasteiger partial charge on any atom is 0.278 e. The molecule has 0 saturated heterocycles. The monoisotopic (exact) mass is 437 g/mol. The van der Waals surface area contributed by atoms with E-state index in [9.17, 15) is 4.79 Å². The van der Waals surface area contributed by atoms with Crippen LogP contribution in [0, 0.1) is 0 Å². The van der Waals surface area contributed by atoms with Crippen molar-refractivity contribution in [3.63, 3.8) is 0 Å². The largest absolute Gasteiger partial charge is 0.369 e. The van der Waals surface area contributed by atoms with Gasteiger partial charge in [0.2, 0.25) is 5.95 Å². The van der Waals surface area contributed by atoms with Crippen LogP contribution in [0.5, 0.6) is 0 Å². The summed E-state index contributed by atoms with van der Waals surface area (Å²) in [6, 6.07) is 20.3. The summed E-state index contributed by atoms with van der Waals surface area (Å²) in [5, 5.41) is 10.1. The SMILES string of the molecule is Nc1nc2nc(CCc3ccc4nonc4c3)n(Cc3ccc4ccccc4c3)c2c(=O)[nH]1. The van der Waals surface area contributed by atoms with Crippen LogP contribution in [-0.4, -0.2) is 29.8 Å². The average Bonchev–Trinajstić information content (AvgIpc) is 3.41. The molecule has 9 nitrogen and oxygen atoms in total. The van der Waals surface area contributed by atoms with Crippen LogP contribution in [0.2, 0.25) is 0 Å². The van der Waals surface area contributed by atoms with Gasteiger partial charge in [-0.1, -0.05) is 42.5 Å². The highest BCUT2D eigenvalue weighted by Crippen LogP contribution is 2.20. The lowest BCUT2D eigenvalue weighted by molar-refractivity contribution is 0.315. The predicted molar refractivity (Wildman–Crippen MR) is 125 cm³/mol. The number of aromatic amines is 1. The van der Waals surface area contributed by atoms with Gasteiger partial charge < -0.3 is 10.3 Å². The Morgan fingerprint density at radius 1 is 0.879 bits per heavy atom. The van der Waals surface area contributed by atoms with E-state index in [0.29, 0.717) is 41.6 Å². The first-order chi connectivity index (χ1) is 16.1. The molecule has 0 aliphatic heterocycles. The minimum absolute atomic E-state index is 0.0541. The molecule has 0 radical (unpaired) electrons. The van der Waals surface area contributed by atoms with Crippen LogP contribution in [0.1, 0.15) is 17.0 Å². The molecule has 0 aliphatic rings. The van der Waals surface area contributed by atoms with E-state index in [1.165, 1.54) is 5.39 Å². The van der Waals surface area contributed by atoms with Crippen LogP contribution in [0.4, 0.5) is 5.95 Å². The quantitative estimate of drug-likeness (QED) is 0.424. The number of anilines is 1. The number of H-pyrrole nitrogens is 1. The first-order valence-electron chi connectivity index (χ1n) is 10.6. The Bertz CT molecular complexity index is 1700. The topological polar surface area (TPSA) is 129 Å². The molecule has 0 spiro atoms. The zero-order valence-electron chi connectivity index (χ0n) is 17.5. The van der Waals surface area contributed by atoms with Gasteiger partial charge in [-0.05, 0) is 56.8 Å². The summed E-state index contributed by atoms with van der Waals surface area (Å²) in [5.41, 5.74) is 9.81. The molecule has 0 unspecified atom stereocenters. The van der Waals surface area contributed by atoms with Gasteiger partial charge in [-0.3, -0.25) is 9.78 Å². The van der Waals surface area contributed by atoms with E-state index in [0.717, 1.165) is 22.3 Å². The second-order valence-electron chi connectivity index (χ2n) is 8.01. The molecule has 0 bridgehead atoms. The summed E-state index contributed by atoms with van der Waals surface area (Å²) in [5.74, 6) is 0.818. The van der Waals surface area contributed by atoms with Gasteiger partial charge in [0.15, 0.2) is 11.2 Å². The van der Waals surface area contributed by atoms with Crippen molar-refractivity contribution in [3.8, 4) is 0 Å². The molecule has 6 aromatic rings. The number of nitrogen functional groups attached to an aromatic ring is 1. The fraction of sp³-hybridized carbons (Fsp3) is 0.125. The summed E-state index contributed by atoms with van der Waals surface area (Å²) in [4.78, 5) is 24.3. The van der Waals surface area contributed by atoms with Crippen molar-refractivity contribution in [3.05, 3.63) is 88.0 Å². The first kappa shape index (κ1) is 19.2. The third kappa shape index (κ3) is 3.49. The Balaban J connectivity index is 1.40. The van der Waals surface area contributed by atoms with Crippen molar-refractivity contribution < 1.29 is 4.63 Å². The van der Waals surface area contributed by atoms with Crippen molar-refractivity contribution in [2.24, 2.45) is 0 Å². The Hall–Kier alpha value is -4.53. The van der Waals surface area contributed by atoms with E-state index in [-0.39, 0.29) is 11.5 Å². The molecule has 33 heavy (non-hydrogen) atoms. The fourth-order valence-corrected chi connectivity index (χ4v) is 4.23. The Morgan fingerprint density at radius 2 is 1.70 bits per heavy atom. The van der Waals surface area contributed by atoms with Crippen molar-refractivity contribution in [2.45, 2.75) is 19.4 Å². The van der Waals surface area contributed by atoms with Gasteiger partial charge in [0.1, 0.15) is 16.9 Å². The zero-order valence-corrected chi connectivity index (χ0v) is 17.5. The lowest BCUT2D eigenvalue weighted by Crippen LogP contribution is -2.16. The molecule has 0 saturated carbocycles. The van der Waals surface area contributed by atoms with Crippen LogP contribution in [0.3, 0.4) is 0 Å². The van der Waals surface area contributed by atoms with Crippen molar-refractivity contribution in [2.75, 3.05) is 5.73 Å². The number of imidazole rings is 1. The minimum atomic E-state index is -0.299. The molecule has 3 N–H and O–H groups in total. The second-order valence-corrected chi connectivity index (χ2v) is 8.01. The third-order valence-corrected chi connectivity index (χ3v) is 5.82. The average molecular weight is 437 g/mol. The van der Waals surface area contributed by atoms with Crippen LogP contribution in [0.15, 0.2) is 70.1 Å². The van der Waals surface area contributed by atoms with Crippen molar-refractivity contribution in [1.29, 1.82) is 0 Å². The molecular formula is C24H19N7O2. The summed E-state index contributed by atoms with van der Waals surface area (Å²) in [7, 11) is 0. The number of nitrogens with zero attached hydrogens (tertiary/aromatic N) is 5. The van der Waals surface area contributed by atoms with Gasteiger partial charge >= 0.3 is 0 Å². The van der Waals surface area contributed by atoms with Crippen LogP contribution in [-0.2, 0) is 19.4 Å². The smallest absolute Gasteiger partial charge is 0.278 e. The lowest BCUT2D eigenvalue weighted by atomic mass is 10.1. The van der Waals surface area contributed by atoms with E-state index >= 15 is 0 Å². The summed E-state index contributed by atoms with van der Waals surface area (Å²) in [6.45, 7) is 0.498. The van der Waals surface area contributed by atoms with Crippen LogP contribution < -0.4 is 11.3 Å². The van der Waals surface area contributed by atoms with Gasteiger partial charge in [-0.25, -0.2) is 9.61 Å². The van der Waals surface area contributed by atoms with E-state index < -0.39 is 0 Å². The van der Waals surface area contributed by atoms with Gasteiger partial charge in [-0.2, -0.15) is 4.98 Å². The highest BCUT2D eigenvalue weighted by atomic mass is 16.6. The van der Waals surface area contributed by atoms with Crippen LogP contribution in [0.25, 0.3) is 33.0 Å². The van der Waals surface area contributed by atoms with Crippen LogP contribution >= 0.6 is 0 Å². The Morgan fingerprint density at radius 3 is 2.61 bits per heavy atom. The van der Waals surface area contributed by atoms with Gasteiger partial charge in [-0.15, -0.1) is 0 Å². The molecule has 0 fully saturated rings. The van der Waals surface area contributed by atoms with E-state index in [2.05, 4.69) is 55.6 Å². The number of hydrogen-bond acceptors (Lipinski definition) is 7. The maximum absolute atomic E-state index is 12.8. The lowest BCUT2D eigenvalue weighted by Gasteiger charge is -2.10. The molecule has 0 aliphatic carbocycles. The van der Waals surface area contributed by atoms with E-state index in [1.807, 2.05) is 34.9 Å². The number of nitrogens with two attached hydrogens (primary N) is 1. The molecule has 0 atom stereocenters. The molecule has 3 aromatic carbocycles. The highest BCUT2D eigenvalue weighted by Gasteiger charge is 2.17. The number of nitrogens with one attached hydrogen (secondary N) is 1.